The lowest BCUT2D eigenvalue weighted by molar-refractivity contribution is -0.138. The second-order valence-electron chi connectivity index (χ2n) is 5.35. The van der Waals surface area contributed by atoms with Crippen molar-refractivity contribution in [2.24, 2.45) is 0 Å². The van der Waals surface area contributed by atoms with Crippen molar-refractivity contribution in [3.63, 3.8) is 0 Å². The molecule has 0 spiro atoms. The fourth-order valence-electron chi connectivity index (χ4n) is 2.52. The Morgan fingerprint density at radius 2 is 2.05 bits per heavy atom. The Balaban J connectivity index is 2.34. The average molecular weight is 274 g/mol. The molecule has 2 rings (SSSR count). The summed E-state index contributed by atoms with van der Waals surface area (Å²) in [5, 5.41) is 10.2. The summed E-state index contributed by atoms with van der Waals surface area (Å²) in [6.45, 7) is 7.83. The van der Waals surface area contributed by atoms with Gasteiger partial charge in [-0.25, -0.2) is 0 Å². The molecule has 1 heterocycles. The van der Waals surface area contributed by atoms with Crippen molar-refractivity contribution in [1.29, 1.82) is 0 Å². The molecule has 1 aromatic carbocycles. The molecule has 0 fully saturated rings. The molecule has 0 aliphatic rings. The summed E-state index contributed by atoms with van der Waals surface area (Å²) >= 11 is 0. The molecule has 0 aliphatic carbocycles. The Labute approximate surface area is 119 Å². The number of fused-ring (bicyclic) bond motifs is 1. The van der Waals surface area contributed by atoms with Crippen LogP contribution in [-0.4, -0.2) is 33.1 Å². The Morgan fingerprint density at radius 1 is 1.35 bits per heavy atom. The molecule has 0 atom stereocenters. The van der Waals surface area contributed by atoms with Crippen molar-refractivity contribution in [3.8, 4) is 0 Å². The third-order valence-corrected chi connectivity index (χ3v) is 3.65. The van der Waals surface area contributed by atoms with Crippen LogP contribution in [0.1, 0.15) is 26.3 Å². The molecule has 20 heavy (non-hydrogen) atoms. The largest absolute Gasteiger partial charge is 0.480 e. The molecule has 4 nitrogen and oxygen atoms in total. The highest BCUT2D eigenvalue weighted by Gasteiger charge is 2.16. The molecular weight excluding hydrogens is 252 g/mol. The van der Waals surface area contributed by atoms with Gasteiger partial charge in [-0.05, 0) is 32.4 Å². The zero-order valence-electron chi connectivity index (χ0n) is 12.3. The number of aliphatic carboxylic acids is 1. The van der Waals surface area contributed by atoms with Crippen LogP contribution in [-0.2, 0) is 17.9 Å². The van der Waals surface area contributed by atoms with E-state index in [4.69, 9.17) is 5.11 Å². The number of hydrogen-bond acceptors (Lipinski definition) is 2. The van der Waals surface area contributed by atoms with Crippen molar-refractivity contribution in [2.45, 2.75) is 39.9 Å². The van der Waals surface area contributed by atoms with E-state index in [0.717, 1.165) is 6.54 Å². The number of aryl methyl sites for hydroxylation is 1. The van der Waals surface area contributed by atoms with Crippen LogP contribution < -0.4 is 0 Å². The Bertz CT molecular complexity index is 602. The van der Waals surface area contributed by atoms with Crippen LogP contribution in [0.3, 0.4) is 0 Å². The first kappa shape index (κ1) is 14.6. The monoisotopic (exact) mass is 274 g/mol. The quantitative estimate of drug-likeness (QED) is 0.881. The van der Waals surface area contributed by atoms with Crippen LogP contribution in [0.4, 0.5) is 0 Å². The lowest BCUT2D eigenvalue weighted by Crippen LogP contribution is -2.35. The van der Waals surface area contributed by atoms with Gasteiger partial charge in [-0.1, -0.05) is 18.2 Å². The van der Waals surface area contributed by atoms with Gasteiger partial charge in [-0.2, -0.15) is 0 Å². The van der Waals surface area contributed by atoms with Crippen molar-refractivity contribution in [2.75, 3.05) is 6.54 Å². The summed E-state index contributed by atoms with van der Waals surface area (Å²) < 4.78 is 2.21. The summed E-state index contributed by atoms with van der Waals surface area (Å²) in [6.07, 6.45) is 2.14. The molecule has 0 radical (unpaired) electrons. The van der Waals surface area contributed by atoms with E-state index in [1.54, 1.807) is 0 Å². The van der Waals surface area contributed by atoms with E-state index < -0.39 is 5.97 Å². The van der Waals surface area contributed by atoms with Crippen molar-refractivity contribution in [3.05, 3.63) is 36.0 Å². The van der Waals surface area contributed by atoms with Crippen LogP contribution in [0.5, 0.6) is 0 Å². The van der Waals surface area contributed by atoms with Gasteiger partial charge in [0.05, 0.1) is 6.54 Å². The lowest BCUT2D eigenvalue weighted by atomic mass is 10.1. The Kier molecular flexibility index (Phi) is 4.45. The number of carboxylic acids is 1. The average Bonchev–Trinajstić information content (AvgIpc) is 2.76. The second kappa shape index (κ2) is 6.09. The minimum atomic E-state index is -0.780. The number of aromatic nitrogens is 1. The Hall–Kier alpha value is -1.81. The molecule has 0 amide bonds. The SMILES string of the molecule is CCn1cc(CN(CC(=O)O)C(C)C)c2ccccc21. The van der Waals surface area contributed by atoms with Gasteiger partial charge in [0.1, 0.15) is 0 Å². The topological polar surface area (TPSA) is 45.5 Å². The van der Waals surface area contributed by atoms with E-state index in [1.807, 2.05) is 30.9 Å². The maximum absolute atomic E-state index is 11.0. The summed E-state index contributed by atoms with van der Waals surface area (Å²) in [6, 6.07) is 8.49. The van der Waals surface area contributed by atoms with Gasteiger partial charge in [-0.3, -0.25) is 9.69 Å². The minimum Gasteiger partial charge on any atom is -0.480 e. The van der Waals surface area contributed by atoms with E-state index >= 15 is 0 Å². The van der Waals surface area contributed by atoms with Crippen LogP contribution in [0.15, 0.2) is 30.5 Å². The normalized spacial score (nSPS) is 11.7. The summed E-state index contributed by atoms with van der Waals surface area (Å²) in [4.78, 5) is 13.0. The van der Waals surface area contributed by atoms with Crippen LogP contribution in [0.25, 0.3) is 10.9 Å². The fourth-order valence-corrected chi connectivity index (χ4v) is 2.52. The van der Waals surface area contributed by atoms with Crippen LogP contribution >= 0.6 is 0 Å². The van der Waals surface area contributed by atoms with Gasteiger partial charge >= 0.3 is 5.97 Å². The molecule has 0 saturated carbocycles. The van der Waals surface area contributed by atoms with Gasteiger partial charge in [0, 0.05) is 36.2 Å². The van der Waals surface area contributed by atoms with Crippen molar-refractivity contribution in [1.82, 2.24) is 9.47 Å². The van der Waals surface area contributed by atoms with E-state index in [-0.39, 0.29) is 12.6 Å². The molecule has 0 aliphatic heterocycles. The number of carboxylic acid groups (broad SMARTS) is 1. The molecule has 0 saturated heterocycles. The minimum absolute atomic E-state index is 0.0727. The molecule has 1 N–H and O–H groups in total. The third kappa shape index (κ3) is 3.02. The van der Waals surface area contributed by atoms with E-state index in [0.29, 0.717) is 6.54 Å². The van der Waals surface area contributed by atoms with Gasteiger partial charge in [0.15, 0.2) is 0 Å². The molecule has 0 bridgehead atoms. The predicted molar refractivity (Wildman–Crippen MR) is 80.8 cm³/mol. The summed E-state index contributed by atoms with van der Waals surface area (Å²) in [5.74, 6) is -0.780. The van der Waals surface area contributed by atoms with Crippen LogP contribution in [0, 0.1) is 0 Å². The van der Waals surface area contributed by atoms with Crippen molar-refractivity contribution >= 4 is 16.9 Å². The maximum atomic E-state index is 11.0. The molecule has 108 valence electrons. The number of hydrogen-bond donors (Lipinski definition) is 1. The van der Waals surface area contributed by atoms with Gasteiger partial charge in [0.2, 0.25) is 0 Å². The third-order valence-electron chi connectivity index (χ3n) is 3.65. The first-order valence-corrected chi connectivity index (χ1v) is 7.05. The molecular formula is C16H22N2O2. The Morgan fingerprint density at radius 3 is 2.65 bits per heavy atom. The number of benzene rings is 1. The highest BCUT2D eigenvalue weighted by atomic mass is 16.4. The first-order valence-electron chi connectivity index (χ1n) is 7.05. The fraction of sp³-hybridized carbons (Fsp3) is 0.438. The van der Waals surface area contributed by atoms with Gasteiger partial charge in [-0.15, -0.1) is 0 Å². The highest BCUT2D eigenvalue weighted by molar-refractivity contribution is 5.84. The zero-order valence-corrected chi connectivity index (χ0v) is 12.3. The molecule has 2 aromatic rings. The van der Waals surface area contributed by atoms with E-state index in [1.165, 1.54) is 16.5 Å². The molecule has 4 heteroatoms. The summed E-state index contributed by atoms with van der Waals surface area (Å²) in [7, 11) is 0. The molecule has 0 unspecified atom stereocenters. The van der Waals surface area contributed by atoms with Crippen molar-refractivity contribution < 1.29 is 9.90 Å². The number of carbonyl (C=O) groups is 1. The maximum Gasteiger partial charge on any atom is 0.317 e. The number of para-hydroxylation sites is 1. The van der Waals surface area contributed by atoms with Gasteiger partial charge < -0.3 is 9.67 Å². The predicted octanol–water partition coefficient (Wildman–Crippen LogP) is 2.96. The zero-order chi connectivity index (χ0) is 14.7. The highest BCUT2D eigenvalue weighted by Crippen LogP contribution is 2.23. The number of rotatable bonds is 6. The first-order chi connectivity index (χ1) is 9.52. The summed E-state index contributed by atoms with van der Waals surface area (Å²) in [5.41, 5.74) is 2.40. The van der Waals surface area contributed by atoms with Gasteiger partial charge in [0.25, 0.3) is 0 Å². The second-order valence-corrected chi connectivity index (χ2v) is 5.35. The molecule has 1 aromatic heterocycles. The lowest BCUT2D eigenvalue weighted by Gasteiger charge is -2.24. The standard InChI is InChI=1S/C16H22N2O2/c1-4-17-9-13(14-7-5-6-8-15(14)17)10-18(12(2)3)11-16(19)20/h5-9,12H,4,10-11H2,1-3H3,(H,19,20). The van der Waals surface area contributed by atoms with E-state index in [9.17, 15) is 4.79 Å². The van der Waals surface area contributed by atoms with E-state index in [2.05, 4.69) is 29.8 Å². The smallest absolute Gasteiger partial charge is 0.317 e. The number of nitrogens with zero attached hydrogens (tertiary/aromatic N) is 2. The van der Waals surface area contributed by atoms with Crippen LogP contribution in [0.2, 0.25) is 0 Å².